The second-order valence-electron chi connectivity index (χ2n) is 13.8. The lowest BCUT2D eigenvalue weighted by Gasteiger charge is -2.60. The second-order valence-corrected chi connectivity index (χ2v) is 13.8. The Morgan fingerprint density at radius 3 is 2.29 bits per heavy atom. The summed E-state index contributed by atoms with van der Waals surface area (Å²) in [6.07, 6.45) is -2.95. The van der Waals surface area contributed by atoms with E-state index in [4.69, 9.17) is 37.9 Å². The first-order valence-electron chi connectivity index (χ1n) is 16.1. The molecule has 2 heterocycles. The summed E-state index contributed by atoms with van der Waals surface area (Å²) in [6, 6.07) is 17.7. The van der Waals surface area contributed by atoms with E-state index in [1.807, 2.05) is 30.3 Å². The van der Waals surface area contributed by atoms with E-state index in [0.29, 0.717) is 0 Å². The van der Waals surface area contributed by atoms with E-state index in [2.05, 4.69) is 5.32 Å². The largest absolute Gasteiger partial charge is 0.492 e. The molecule has 13 nitrogen and oxygen atoms in total. The first kappa shape index (κ1) is 36.3. The molecule has 7 atom stereocenters. The van der Waals surface area contributed by atoms with E-state index in [1.165, 1.54) is 13.2 Å². The average molecular weight is 684 g/mol. The van der Waals surface area contributed by atoms with Crippen LogP contribution in [0.5, 0.6) is 0 Å². The van der Waals surface area contributed by atoms with Crippen LogP contribution in [0.3, 0.4) is 0 Å². The minimum absolute atomic E-state index is 0.0103. The fourth-order valence-corrected chi connectivity index (χ4v) is 6.57. The SMILES string of the molecule is CC(=O)O[C@@H]1[C@H]([C@H]2COC(C)(C)O2)[C@]2(NC(=O)OC(C)(C)C)C=CO[C@@H]([C@H]2OCOCc2ccccc2)[C@]1(O)COC(=O)c1ccccc1. The van der Waals surface area contributed by atoms with Crippen LogP contribution in [0.1, 0.15) is 57.5 Å². The summed E-state index contributed by atoms with van der Waals surface area (Å²) in [4.78, 5) is 39.6. The van der Waals surface area contributed by atoms with Crippen molar-refractivity contribution in [2.45, 2.75) is 95.1 Å². The molecule has 2 bridgehead atoms. The highest BCUT2D eigenvalue weighted by Crippen LogP contribution is 2.51. The average Bonchev–Trinajstić information content (AvgIpc) is 3.39. The van der Waals surface area contributed by atoms with E-state index in [-0.39, 0.29) is 25.6 Å². The number of ether oxygens (including phenoxy) is 8. The summed E-state index contributed by atoms with van der Waals surface area (Å²) in [5.41, 5.74) is -3.60. The smallest absolute Gasteiger partial charge is 0.408 e. The van der Waals surface area contributed by atoms with E-state index < -0.39 is 77.5 Å². The van der Waals surface area contributed by atoms with Crippen molar-refractivity contribution in [3.8, 4) is 0 Å². The molecule has 0 radical (unpaired) electrons. The minimum atomic E-state index is -2.25. The summed E-state index contributed by atoms with van der Waals surface area (Å²) >= 11 is 0. The number of rotatable bonds is 11. The zero-order valence-electron chi connectivity index (χ0n) is 28.6. The summed E-state index contributed by atoms with van der Waals surface area (Å²) in [7, 11) is 0. The van der Waals surface area contributed by atoms with Crippen molar-refractivity contribution < 1.29 is 57.4 Å². The molecule has 0 aromatic heterocycles. The molecule has 1 saturated heterocycles. The van der Waals surface area contributed by atoms with E-state index >= 15 is 0 Å². The first-order valence-corrected chi connectivity index (χ1v) is 16.1. The van der Waals surface area contributed by atoms with E-state index in [1.54, 1.807) is 71.0 Å². The van der Waals surface area contributed by atoms with Gasteiger partial charge in [0.2, 0.25) is 0 Å². The Morgan fingerprint density at radius 2 is 1.67 bits per heavy atom. The molecule has 1 amide bonds. The van der Waals surface area contributed by atoms with Crippen LogP contribution in [0.4, 0.5) is 4.79 Å². The van der Waals surface area contributed by atoms with Crippen LogP contribution in [0, 0.1) is 5.92 Å². The predicted molar refractivity (Wildman–Crippen MR) is 173 cm³/mol. The number of amides is 1. The van der Waals surface area contributed by atoms with Gasteiger partial charge in [-0.3, -0.25) is 4.79 Å². The number of benzene rings is 2. The van der Waals surface area contributed by atoms with Crippen LogP contribution >= 0.6 is 0 Å². The summed E-state index contributed by atoms with van der Waals surface area (Å²) in [5.74, 6) is -3.66. The maximum Gasteiger partial charge on any atom is 0.408 e. The van der Waals surface area contributed by atoms with Gasteiger partial charge in [0.1, 0.15) is 36.7 Å². The summed E-state index contributed by atoms with van der Waals surface area (Å²) < 4.78 is 47.8. The molecule has 2 aromatic rings. The molecule has 2 fully saturated rings. The molecule has 0 spiro atoms. The molecular weight excluding hydrogens is 638 g/mol. The van der Waals surface area contributed by atoms with Crippen LogP contribution in [-0.2, 0) is 49.3 Å². The van der Waals surface area contributed by atoms with E-state index in [0.717, 1.165) is 5.56 Å². The lowest BCUT2D eigenvalue weighted by Crippen LogP contribution is -2.82. The van der Waals surface area contributed by atoms with Gasteiger partial charge in [0.25, 0.3) is 0 Å². The van der Waals surface area contributed by atoms with Crippen LogP contribution in [-0.4, -0.2) is 90.1 Å². The monoisotopic (exact) mass is 683 g/mol. The predicted octanol–water partition coefficient (Wildman–Crippen LogP) is 4.02. The van der Waals surface area contributed by atoms with Crippen molar-refractivity contribution >= 4 is 18.0 Å². The van der Waals surface area contributed by atoms with Crippen molar-refractivity contribution in [1.29, 1.82) is 0 Å². The number of carbonyl (C=O) groups excluding carboxylic acids is 3. The van der Waals surface area contributed by atoms with Gasteiger partial charge < -0.3 is 48.3 Å². The van der Waals surface area contributed by atoms with Crippen molar-refractivity contribution in [2.24, 2.45) is 5.92 Å². The highest BCUT2D eigenvalue weighted by Gasteiger charge is 2.72. The zero-order chi connectivity index (χ0) is 35.5. The Hall–Kier alpha value is -4.01. The van der Waals surface area contributed by atoms with Gasteiger partial charge in [0.05, 0.1) is 37.1 Å². The summed E-state index contributed by atoms with van der Waals surface area (Å²) in [6.45, 7) is 8.97. The standard InChI is InChI=1S/C36H45NO12/c1-23(38)47-28-27(26-20-46-34(5,6)48-26)35(37-32(40)49-33(2,3)4)17-18-43-30(29(35)45-22-42-19-24-13-9-7-10-14-24)36(28,41)21-44-31(39)25-15-11-8-12-16-25/h7-18,26-30,41H,19-22H2,1-6H3,(H,37,40)/t26-,27+,28-,29-,30+,35-,36+/m1/s1. The van der Waals surface area contributed by atoms with Gasteiger partial charge in [-0.2, -0.15) is 0 Å². The number of esters is 2. The number of alkyl carbamates (subject to hydrolysis) is 1. The Kier molecular flexibility index (Phi) is 10.7. The number of hydrogen-bond donors (Lipinski definition) is 2. The molecular formula is C36H45NO12. The van der Waals surface area contributed by atoms with Crippen molar-refractivity contribution in [3.63, 3.8) is 0 Å². The lowest BCUT2D eigenvalue weighted by molar-refractivity contribution is -0.296. The first-order chi connectivity index (χ1) is 23.1. The quantitative estimate of drug-likeness (QED) is 0.152. The third-order valence-corrected chi connectivity index (χ3v) is 8.51. The van der Waals surface area contributed by atoms with E-state index in [9.17, 15) is 19.5 Å². The topological polar surface area (TPSA) is 157 Å². The number of aliphatic hydroxyl groups is 1. The molecule has 266 valence electrons. The minimum Gasteiger partial charge on any atom is -0.492 e. The van der Waals surface area contributed by atoms with Crippen molar-refractivity contribution in [3.05, 3.63) is 84.1 Å². The van der Waals surface area contributed by atoms with Gasteiger partial charge in [0, 0.05) is 6.92 Å². The number of fused-ring (bicyclic) bond motifs is 2. The Morgan fingerprint density at radius 1 is 1.00 bits per heavy atom. The highest BCUT2D eigenvalue weighted by molar-refractivity contribution is 5.89. The van der Waals surface area contributed by atoms with Gasteiger partial charge in [0.15, 0.2) is 17.5 Å². The van der Waals surface area contributed by atoms with Crippen LogP contribution in [0.2, 0.25) is 0 Å². The molecule has 1 aliphatic carbocycles. The molecule has 49 heavy (non-hydrogen) atoms. The van der Waals surface area contributed by atoms with Crippen LogP contribution in [0.25, 0.3) is 0 Å². The normalized spacial score (nSPS) is 30.1. The molecule has 3 aliphatic rings. The van der Waals surface area contributed by atoms with Crippen LogP contribution in [0.15, 0.2) is 73.0 Å². The third-order valence-electron chi connectivity index (χ3n) is 8.51. The Balaban J connectivity index is 1.58. The maximum absolute atomic E-state index is 13.6. The molecule has 2 N–H and O–H groups in total. The second kappa shape index (κ2) is 14.5. The van der Waals surface area contributed by atoms with Gasteiger partial charge in [-0.05, 0) is 58.4 Å². The molecule has 1 saturated carbocycles. The fourth-order valence-electron chi connectivity index (χ4n) is 6.57. The molecule has 2 aromatic carbocycles. The summed E-state index contributed by atoms with van der Waals surface area (Å²) in [5, 5.41) is 15.7. The molecule has 0 unspecified atom stereocenters. The Bertz CT molecular complexity index is 1490. The molecule has 13 heteroatoms. The number of carbonyl (C=O) groups is 3. The van der Waals surface area contributed by atoms with Gasteiger partial charge in [-0.25, -0.2) is 9.59 Å². The number of hydrogen-bond acceptors (Lipinski definition) is 12. The van der Waals surface area contributed by atoms with Gasteiger partial charge in [-0.1, -0.05) is 48.5 Å². The van der Waals surface area contributed by atoms with Crippen molar-refractivity contribution in [1.82, 2.24) is 5.32 Å². The lowest BCUT2D eigenvalue weighted by atomic mass is 9.59. The van der Waals surface area contributed by atoms with Crippen molar-refractivity contribution in [2.75, 3.05) is 20.0 Å². The van der Waals surface area contributed by atoms with Gasteiger partial charge in [-0.15, -0.1) is 0 Å². The number of nitrogens with one attached hydrogen (secondary N) is 1. The highest BCUT2D eigenvalue weighted by atomic mass is 16.7. The molecule has 5 rings (SSSR count). The Labute approximate surface area is 285 Å². The third kappa shape index (κ3) is 8.25. The fraction of sp³-hybridized carbons (Fsp3) is 0.528. The van der Waals surface area contributed by atoms with Crippen LogP contribution < -0.4 is 5.32 Å². The van der Waals surface area contributed by atoms with Gasteiger partial charge >= 0.3 is 18.0 Å². The zero-order valence-corrected chi connectivity index (χ0v) is 28.6. The molecule has 2 aliphatic heterocycles. The maximum atomic E-state index is 13.6.